The fraction of sp³-hybridized carbons (Fsp3) is 0.348. The van der Waals surface area contributed by atoms with E-state index < -0.39 is 18.0 Å². The average Bonchev–Trinajstić information content (AvgIpc) is 3.55. The van der Waals surface area contributed by atoms with Gasteiger partial charge in [0, 0.05) is 41.9 Å². The Labute approximate surface area is 200 Å². The van der Waals surface area contributed by atoms with Crippen molar-refractivity contribution in [1.82, 2.24) is 10.4 Å². The second kappa shape index (κ2) is 10.7. The van der Waals surface area contributed by atoms with Crippen molar-refractivity contribution in [2.75, 3.05) is 27.6 Å². The highest BCUT2D eigenvalue weighted by atomic mass is 16.7. The number of pyridine rings is 1. The predicted molar refractivity (Wildman–Crippen MR) is 122 cm³/mol. The first-order chi connectivity index (χ1) is 17.1. The highest BCUT2D eigenvalue weighted by Gasteiger charge is 2.34. The predicted octanol–water partition coefficient (Wildman–Crippen LogP) is 1.84. The van der Waals surface area contributed by atoms with Crippen LogP contribution in [-0.2, 0) is 20.8 Å². The molecule has 1 aromatic heterocycles. The summed E-state index contributed by atoms with van der Waals surface area (Å²) in [6, 6.07) is 3.14. The second-order valence-electron chi connectivity index (χ2n) is 7.35. The number of benzene rings is 1. The van der Waals surface area contributed by atoms with E-state index in [-0.39, 0.29) is 32.0 Å². The Hall–Kier alpha value is -4.35. The SMILES string of the molecule is CCOC(=O)C1=NO[C@H](Cc2c(/C=N\NC(=O)c3ccncc3)c3c(c(OC)c2OC)OCO3)C1. The number of nitrogens with one attached hydrogen (secondary N) is 1. The van der Waals surface area contributed by atoms with Crippen molar-refractivity contribution < 1.29 is 38.1 Å². The monoisotopic (exact) mass is 484 g/mol. The van der Waals surface area contributed by atoms with Crippen LogP contribution in [0.2, 0.25) is 0 Å². The number of carbonyl (C=O) groups excluding carboxylic acids is 2. The third kappa shape index (κ3) is 4.95. The lowest BCUT2D eigenvalue weighted by Gasteiger charge is -2.19. The highest BCUT2D eigenvalue weighted by Crippen LogP contribution is 2.52. The standard InChI is InChI=1S/C23H24N4O8/c1-4-32-23(29)17-10-14(35-27-17)9-15-16(11-25-26-22(28)13-5-7-24-8-6-13)19-21(34-12-33-19)20(31-3)18(15)30-2/h5-8,11,14H,4,9-10,12H2,1-3H3,(H,26,28)/b25-11-/t14-/m1/s1. The van der Waals surface area contributed by atoms with Gasteiger partial charge in [0.15, 0.2) is 17.2 Å². The van der Waals surface area contributed by atoms with Crippen LogP contribution in [0.4, 0.5) is 0 Å². The fourth-order valence-electron chi connectivity index (χ4n) is 3.71. The van der Waals surface area contributed by atoms with Crippen LogP contribution in [0, 0.1) is 0 Å². The quantitative estimate of drug-likeness (QED) is 0.321. The minimum atomic E-state index is -0.522. The maximum Gasteiger partial charge on any atom is 0.356 e. The molecule has 0 spiro atoms. The molecular formula is C23H24N4O8. The number of esters is 1. The molecule has 3 heterocycles. The third-order valence-corrected chi connectivity index (χ3v) is 5.26. The topological polar surface area (TPSA) is 139 Å². The molecule has 0 bridgehead atoms. The van der Waals surface area contributed by atoms with Crippen molar-refractivity contribution >= 4 is 23.8 Å². The van der Waals surface area contributed by atoms with E-state index in [4.69, 9.17) is 28.5 Å². The molecule has 12 nitrogen and oxygen atoms in total. The number of hydrogen-bond donors (Lipinski definition) is 1. The van der Waals surface area contributed by atoms with Crippen LogP contribution in [-0.4, -0.2) is 62.5 Å². The fourth-order valence-corrected chi connectivity index (χ4v) is 3.71. The number of nitrogens with zero attached hydrogens (tertiary/aromatic N) is 3. The number of aromatic nitrogens is 1. The zero-order valence-electron chi connectivity index (χ0n) is 19.4. The van der Waals surface area contributed by atoms with E-state index in [2.05, 4.69) is 20.7 Å². The molecule has 2 aromatic rings. The van der Waals surface area contributed by atoms with Crippen molar-refractivity contribution in [2.24, 2.45) is 10.3 Å². The van der Waals surface area contributed by atoms with E-state index in [9.17, 15) is 9.59 Å². The molecule has 0 unspecified atom stereocenters. The van der Waals surface area contributed by atoms with Gasteiger partial charge >= 0.3 is 5.97 Å². The number of hydrazone groups is 1. The first-order valence-corrected chi connectivity index (χ1v) is 10.8. The normalized spacial score (nSPS) is 16.0. The summed E-state index contributed by atoms with van der Waals surface area (Å²) in [4.78, 5) is 33.8. The second-order valence-corrected chi connectivity index (χ2v) is 7.35. The molecular weight excluding hydrogens is 460 g/mol. The lowest BCUT2D eigenvalue weighted by Crippen LogP contribution is -2.20. The van der Waals surface area contributed by atoms with Gasteiger partial charge < -0.3 is 28.5 Å². The zero-order chi connectivity index (χ0) is 24.8. The highest BCUT2D eigenvalue weighted by molar-refractivity contribution is 6.36. The molecule has 2 aliphatic heterocycles. The van der Waals surface area contributed by atoms with Gasteiger partial charge in [-0.15, -0.1) is 0 Å². The molecule has 1 N–H and O–H groups in total. The number of fused-ring (bicyclic) bond motifs is 1. The summed E-state index contributed by atoms with van der Waals surface area (Å²) in [7, 11) is 2.98. The summed E-state index contributed by atoms with van der Waals surface area (Å²) < 4.78 is 27.5. The van der Waals surface area contributed by atoms with Crippen LogP contribution in [0.15, 0.2) is 34.8 Å². The van der Waals surface area contributed by atoms with Gasteiger partial charge in [-0.2, -0.15) is 5.10 Å². The Balaban J connectivity index is 1.64. The van der Waals surface area contributed by atoms with Gasteiger partial charge in [0.1, 0.15) is 6.10 Å². The molecule has 0 saturated carbocycles. The summed E-state index contributed by atoms with van der Waals surface area (Å²) in [5.41, 5.74) is 4.19. The molecule has 1 aromatic carbocycles. The van der Waals surface area contributed by atoms with E-state index in [1.165, 1.54) is 32.8 Å². The van der Waals surface area contributed by atoms with Crippen LogP contribution >= 0.6 is 0 Å². The van der Waals surface area contributed by atoms with Crippen molar-refractivity contribution in [3.8, 4) is 23.0 Å². The summed E-state index contributed by atoms with van der Waals surface area (Å²) in [5, 5.41) is 7.98. The molecule has 4 rings (SSSR count). The smallest absolute Gasteiger partial charge is 0.356 e. The van der Waals surface area contributed by atoms with Crippen molar-refractivity contribution in [3.63, 3.8) is 0 Å². The number of methoxy groups -OCH3 is 2. The molecule has 0 fully saturated rings. The van der Waals surface area contributed by atoms with Crippen LogP contribution in [0.3, 0.4) is 0 Å². The van der Waals surface area contributed by atoms with E-state index in [1.807, 2.05) is 0 Å². The van der Waals surface area contributed by atoms with Crippen molar-refractivity contribution in [1.29, 1.82) is 0 Å². The van der Waals surface area contributed by atoms with Gasteiger partial charge in [0.05, 0.1) is 27.0 Å². The molecule has 35 heavy (non-hydrogen) atoms. The zero-order valence-corrected chi connectivity index (χ0v) is 19.4. The molecule has 0 aliphatic carbocycles. The van der Waals surface area contributed by atoms with Crippen LogP contribution < -0.4 is 24.4 Å². The molecule has 1 amide bonds. The minimum absolute atomic E-state index is 0.0292. The Morgan fingerprint density at radius 1 is 1.17 bits per heavy atom. The Morgan fingerprint density at radius 2 is 1.91 bits per heavy atom. The number of oxime groups is 1. The number of amides is 1. The lowest BCUT2D eigenvalue weighted by molar-refractivity contribution is -0.135. The number of ether oxygens (including phenoxy) is 5. The summed E-state index contributed by atoms with van der Waals surface area (Å²) in [5.74, 6) is 0.524. The molecule has 1 atom stereocenters. The molecule has 0 saturated heterocycles. The molecule has 2 aliphatic rings. The van der Waals surface area contributed by atoms with Crippen LogP contribution in [0.5, 0.6) is 23.0 Å². The van der Waals surface area contributed by atoms with Gasteiger partial charge in [0.25, 0.3) is 5.91 Å². The number of carbonyl (C=O) groups is 2. The minimum Gasteiger partial charge on any atom is -0.492 e. The summed E-state index contributed by atoms with van der Waals surface area (Å²) in [6.07, 6.45) is 4.49. The van der Waals surface area contributed by atoms with Gasteiger partial charge in [-0.3, -0.25) is 9.78 Å². The maximum atomic E-state index is 12.4. The van der Waals surface area contributed by atoms with Gasteiger partial charge in [-0.1, -0.05) is 5.16 Å². The van der Waals surface area contributed by atoms with Crippen molar-refractivity contribution in [2.45, 2.75) is 25.9 Å². The number of rotatable bonds is 9. The summed E-state index contributed by atoms with van der Waals surface area (Å²) >= 11 is 0. The molecule has 184 valence electrons. The third-order valence-electron chi connectivity index (χ3n) is 5.26. The van der Waals surface area contributed by atoms with Gasteiger partial charge in [-0.25, -0.2) is 10.2 Å². The molecule has 12 heteroatoms. The van der Waals surface area contributed by atoms with E-state index in [0.29, 0.717) is 39.7 Å². The molecule has 0 radical (unpaired) electrons. The summed E-state index contributed by atoms with van der Waals surface area (Å²) in [6.45, 7) is 1.93. The maximum absolute atomic E-state index is 12.4. The van der Waals surface area contributed by atoms with E-state index in [0.717, 1.165) is 0 Å². The first-order valence-electron chi connectivity index (χ1n) is 10.8. The van der Waals surface area contributed by atoms with Gasteiger partial charge in [0.2, 0.25) is 18.3 Å². The largest absolute Gasteiger partial charge is 0.492 e. The lowest BCUT2D eigenvalue weighted by atomic mass is 9.96. The van der Waals surface area contributed by atoms with E-state index in [1.54, 1.807) is 19.1 Å². The Morgan fingerprint density at radius 3 is 2.63 bits per heavy atom. The van der Waals surface area contributed by atoms with Crippen molar-refractivity contribution in [3.05, 3.63) is 41.2 Å². The van der Waals surface area contributed by atoms with E-state index >= 15 is 0 Å². The number of hydrogen-bond acceptors (Lipinski definition) is 11. The van der Waals surface area contributed by atoms with Crippen LogP contribution in [0.1, 0.15) is 34.8 Å². The average molecular weight is 484 g/mol. The Bertz CT molecular complexity index is 1170. The first kappa shape index (κ1) is 23.8. The van der Waals surface area contributed by atoms with Gasteiger partial charge in [-0.05, 0) is 19.1 Å². The Kier molecular flexibility index (Phi) is 7.29. The van der Waals surface area contributed by atoms with Crippen LogP contribution in [0.25, 0.3) is 0 Å².